The standard InChI is InChI=1S/C9H14N2S.C2H6/c1-8-3-4-9(7-11-8)12-6-2-5-10;1-2/h3-4,7H,2,5-6,10H2,1H3;1-2H3. The van der Waals surface area contributed by atoms with Gasteiger partial charge in [-0.2, -0.15) is 0 Å². The van der Waals surface area contributed by atoms with Gasteiger partial charge in [-0.1, -0.05) is 13.8 Å². The molecule has 0 atom stereocenters. The highest BCUT2D eigenvalue weighted by molar-refractivity contribution is 7.99. The van der Waals surface area contributed by atoms with E-state index in [2.05, 4.69) is 11.1 Å². The lowest BCUT2D eigenvalue weighted by atomic mass is 10.4. The van der Waals surface area contributed by atoms with Gasteiger partial charge in [0.25, 0.3) is 0 Å². The fourth-order valence-corrected chi connectivity index (χ4v) is 1.65. The van der Waals surface area contributed by atoms with Crippen molar-refractivity contribution in [2.45, 2.75) is 32.1 Å². The smallest absolute Gasteiger partial charge is 0.0407 e. The van der Waals surface area contributed by atoms with E-state index in [1.807, 2.05) is 44.8 Å². The predicted molar refractivity (Wildman–Crippen MR) is 64.7 cm³/mol. The van der Waals surface area contributed by atoms with E-state index >= 15 is 0 Å². The van der Waals surface area contributed by atoms with E-state index in [0.29, 0.717) is 0 Å². The highest BCUT2D eigenvalue weighted by Gasteiger charge is 1.92. The minimum Gasteiger partial charge on any atom is -0.330 e. The van der Waals surface area contributed by atoms with Gasteiger partial charge in [0.1, 0.15) is 0 Å². The molecule has 2 N–H and O–H groups in total. The van der Waals surface area contributed by atoms with Crippen molar-refractivity contribution in [2.24, 2.45) is 5.73 Å². The summed E-state index contributed by atoms with van der Waals surface area (Å²) in [6.45, 7) is 6.76. The first-order valence-electron chi connectivity index (χ1n) is 5.08. The third kappa shape index (κ3) is 6.00. The topological polar surface area (TPSA) is 38.9 Å². The zero-order chi connectivity index (χ0) is 10.8. The summed E-state index contributed by atoms with van der Waals surface area (Å²) in [7, 11) is 0. The highest BCUT2D eigenvalue weighted by atomic mass is 32.2. The number of aromatic nitrogens is 1. The molecule has 0 aliphatic carbocycles. The van der Waals surface area contributed by atoms with E-state index in [9.17, 15) is 0 Å². The average Bonchev–Trinajstić information content (AvgIpc) is 2.24. The molecule has 0 saturated carbocycles. The molecular formula is C11H20N2S. The maximum absolute atomic E-state index is 5.39. The zero-order valence-corrected chi connectivity index (χ0v) is 10.1. The molecule has 2 nitrogen and oxygen atoms in total. The summed E-state index contributed by atoms with van der Waals surface area (Å²) in [4.78, 5) is 5.44. The minimum atomic E-state index is 0.770. The van der Waals surface area contributed by atoms with Crippen LogP contribution >= 0.6 is 11.8 Å². The molecule has 0 aliphatic heterocycles. The Bertz CT molecular complexity index is 221. The molecule has 3 heteroatoms. The molecule has 0 bridgehead atoms. The SMILES string of the molecule is CC.Cc1ccc(SCCCN)cn1. The van der Waals surface area contributed by atoms with Gasteiger partial charge in [0.15, 0.2) is 0 Å². The van der Waals surface area contributed by atoms with Crippen LogP contribution in [0.2, 0.25) is 0 Å². The van der Waals surface area contributed by atoms with Crippen LogP contribution in [0.25, 0.3) is 0 Å². The minimum absolute atomic E-state index is 0.770. The van der Waals surface area contributed by atoms with Gasteiger partial charge in [-0.05, 0) is 37.8 Å². The molecule has 0 amide bonds. The second-order valence-electron chi connectivity index (χ2n) is 2.63. The molecule has 0 unspecified atom stereocenters. The maximum atomic E-state index is 5.39. The lowest BCUT2D eigenvalue weighted by molar-refractivity contribution is 0.942. The first kappa shape index (κ1) is 13.5. The lowest BCUT2D eigenvalue weighted by Crippen LogP contribution is -1.99. The number of hydrogen-bond acceptors (Lipinski definition) is 3. The quantitative estimate of drug-likeness (QED) is 0.616. The molecule has 0 radical (unpaired) electrons. The van der Waals surface area contributed by atoms with Gasteiger partial charge < -0.3 is 5.73 Å². The van der Waals surface area contributed by atoms with Crippen molar-refractivity contribution in [1.29, 1.82) is 0 Å². The van der Waals surface area contributed by atoms with E-state index in [0.717, 1.165) is 24.4 Å². The third-order valence-electron chi connectivity index (χ3n) is 1.50. The van der Waals surface area contributed by atoms with Crippen LogP contribution in [-0.4, -0.2) is 17.3 Å². The molecule has 1 aromatic rings. The van der Waals surface area contributed by atoms with Gasteiger partial charge in [0, 0.05) is 16.8 Å². The lowest BCUT2D eigenvalue weighted by Gasteiger charge is -1.99. The predicted octanol–water partition coefficient (Wildman–Crippen LogP) is 2.86. The van der Waals surface area contributed by atoms with Crippen LogP contribution in [0, 0.1) is 6.92 Å². The molecular weight excluding hydrogens is 192 g/mol. The number of rotatable bonds is 4. The highest BCUT2D eigenvalue weighted by Crippen LogP contribution is 2.16. The van der Waals surface area contributed by atoms with Gasteiger partial charge in [-0.15, -0.1) is 11.8 Å². The Morgan fingerprint density at radius 3 is 2.57 bits per heavy atom. The second kappa shape index (κ2) is 9.03. The molecule has 14 heavy (non-hydrogen) atoms. The number of hydrogen-bond donors (Lipinski definition) is 1. The Balaban J connectivity index is 0.000000791. The molecule has 0 fully saturated rings. The zero-order valence-electron chi connectivity index (χ0n) is 9.29. The fraction of sp³-hybridized carbons (Fsp3) is 0.545. The summed E-state index contributed by atoms with van der Waals surface area (Å²) >= 11 is 1.81. The number of aryl methyl sites for hydroxylation is 1. The largest absolute Gasteiger partial charge is 0.330 e. The van der Waals surface area contributed by atoms with Crippen LogP contribution in [0.3, 0.4) is 0 Å². The summed E-state index contributed by atoms with van der Waals surface area (Å²) in [5.41, 5.74) is 6.46. The van der Waals surface area contributed by atoms with Crippen LogP contribution in [0.4, 0.5) is 0 Å². The summed E-state index contributed by atoms with van der Waals surface area (Å²) in [6.07, 6.45) is 2.98. The second-order valence-corrected chi connectivity index (χ2v) is 3.79. The van der Waals surface area contributed by atoms with E-state index < -0.39 is 0 Å². The molecule has 0 aliphatic rings. The molecule has 1 heterocycles. The van der Waals surface area contributed by atoms with Gasteiger partial charge in [0.2, 0.25) is 0 Å². The van der Waals surface area contributed by atoms with Crippen LogP contribution in [-0.2, 0) is 0 Å². The summed E-state index contributed by atoms with van der Waals surface area (Å²) in [5.74, 6) is 1.08. The van der Waals surface area contributed by atoms with E-state index in [1.54, 1.807) is 0 Å². The third-order valence-corrected chi connectivity index (χ3v) is 2.57. The van der Waals surface area contributed by atoms with Crippen LogP contribution in [0.15, 0.2) is 23.2 Å². The molecule has 1 rings (SSSR count). The number of pyridine rings is 1. The molecule has 0 saturated heterocycles. The van der Waals surface area contributed by atoms with Crippen molar-refractivity contribution < 1.29 is 0 Å². The van der Waals surface area contributed by atoms with Gasteiger partial charge in [-0.3, -0.25) is 4.98 Å². The first-order chi connectivity index (χ1) is 6.83. The Kier molecular flexibility index (Phi) is 8.68. The van der Waals surface area contributed by atoms with Crippen molar-refractivity contribution in [3.05, 3.63) is 24.0 Å². The van der Waals surface area contributed by atoms with Gasteiger partial charge in [-0.25, -0.2) is 0 Å². The molecule has 0 aromatic carbocycles. The average molecular weight is 212 g/mol. The number of nitrogens with two attached hydrogens (primary N) is 1. The van der Waals surface area contributed by atoms with Crippen LogP contribution < -0.4 is 5.73 Å². The van der Waals surface area contributed by atoms with Crippen LogP contribution in [0.1, 0.15) is 26.0 Å². The first-order valence-corrected chi connectivity index (χ1v) is 6.07. The van der Waals surface area contributed by atoms with Crippen molar-refractivity contribution in [3.8, 4) is 0 Å². The Morgan fingerprint density at radius 1 is 1.36 bits per heavy atom. The van der Waals surface area contributed by atoms with Crippen LogP contribution in [0.5, 0.6) is 0 Å². The van der Waals surface area contributed by atoms with Crippen molar-refractivity contribution in [3.63, 3.8) is 0 Å². The molecule has 0 spiro atoms. The summed E-state index contributed by atoms with van der Waals surface area (Å²) in [5, 5.41) is 0. The van der Waals surface area contributed by atoms with Crippen molar-refractivity contribution >= 4 is 11.8 Å². The van der Waals surface area contributed by atoms with E-state index in [-0.39, 0.29) is 0 Å². The van der Waals surface area contributed by atoms with E-state index in [4.69, 9.17) is 5.73 Å². The normalized spacial score (nSPS) is 9.14. The summed E-state index contributed by atoms with van der Waals surface area (Å²) in [6, 6.07) is 4.13. The number of thioether (sulfide) groups is 1. The molecule has 80 valence electrons. The Labute approximate surface area is 91.3 Å². The number of nitrogens with zero attached hydrogens (tertiary/aromatic N) is 1. The Hall–Kier alpha value is -0.540. The van der Waals surface area contributed by atoms with Gasteiger partial charge >= 0.3 is 0 Å². The molecule has 1 aromatic heterocycles. The van der Waals surface area contributed by atoms with Gasteiger partial charge in [0.05, 0.1) is 0 Å². The summed E-state index contributed by atoms with van der Waals surface area (Å²) < 4.78 is 0. The monoisotopic (exact) mass is 212 g/mol. The Morgan fingerprint density at radius 2 is 2.07 bits per heavy atom. The van der Waals surface area contributed by atoms with Crippen molar-refractivity contribution in [1.82, 2.24) is 4.98 Å². The van der Waals surface area contributed by atoms with Crippen molar-refractivity contribution in [2.75, 3.05) is 12.3 Å². The van der Waals surface area contributed by atoms with E-state index in [1.165, 1.54) is 4.90 Å². The maximum Gasteiger partial charge on any atom is 0.0407 e. The fourth-order valence-electron chi connectivity index (χ4n) is 0.813.